The van der Waals surface area contributed by atoms with Crippen LogP contribution in [0, 0.1) is 0 Å². The van der Waals surface area contributed by atoms with Crippen molar-refractivity contribution in [1.29, 1.82) is 0 Å². The van der Waals surface area contributed by atoms with Crippen LogP contribution in [0.5, 0.6) is 5.75 Å². The van der Waals surface area contributed by atoms with Crippen LogP contribution in [0.4, 0.5) is 5.69 Å². The first-order valence-corrected chi connectivity index (χ1v) is 12.5. The molecular formula is C28H27ClN4O6. The van der Waals surface area contributed by atoms with Gasteiger partial charge in [0.05, 0.1) is 23.8 Å². The molecule has 1 aliphatic heterocycles. The van der Waals surface area contributed by atoms with E-state index in [-0.39, 0.29) is 30.2 Å². The van der Waals surface area contributed by atoms with Gasteiger partial charge in [-0.2, -0.15) is 0 Å². The molecule has 4 rings (SSSR count). The minimum absolute atomic E-state index is 0.111. The molecule has 2 N–H and O–H groups in total. The van der Waals surface area contributed by atoms with Gasteiger partial charge in [-0.05, 0) is 35.4 Å². The Labute approximate surface area is 230 Å². The average Bonchev–Trinajstić information content (AvgIpc) is 3.08. The highest BCUT2D eigenvalue weighted by atomic mass is 35.5. The van der Waals surface area contributed by atoms with Gasteiger partial charge in [0.15, 0.2) is 0 Å². The van der Waals surface area contributed by atoms with E-state index in [1.807, 2.05) is 30.3 Å². The molecule has 11 heteroatoms. The molecule has 0 bridgehead atoms. The number of halogens is 1. The smallest absolute Gasteiger partial charge is 0.260 e. The summed E-state index contributed by atoms with van der Waals surface area (Å²) < 4.78 is 11.3. The molecule has 1 aliphatic rings. The van der Waals surface area contributed by atoms with Crippen LogP contribution in [0.1, 0.15) is 21.5 Å². The van der Waals surface area contributed by atoms with Crippen molar-refractivity contribution in [3.05, 3.63) is 94.5 Å². The van der Waals surface area contributed by atoms with Gasteiger partial charge in [-0.3, -0.25) is 34.9 Å². The zero-order valence-corrected chi connectivity index (χ0v) is 21.7. The van der Waals surface area contributed by atoms with Gasteiger partial charge in [0.2, 0.25) is 12.3 Å². The predicted molar refractivity (Wildman–Crippen MR) is 144 cm³/mol. The molecule has 0 atom stereocenters. The first-order chi connectivity index (χ1) is 19.0. The number of hydrogen-bond donors (Lipinski definition) is 2. The van der Waals surface area contributed by atoms with Crippen LogP contribution in [0.2, 0.25) is 5.02 Å². The number of hydrazine groups is 1. The second-order valence-electron chi connectivity index (χ2n) is 8.61. The van der Waals surface area contributed by atoms with E-state index in [4.69, 9.17) is 21.1 Å². The molecule has 202 valence electrons. The maximum Gasteiger partial charge on any atom is 0.260 e. The van der Waals surface area contributed by atoms with Gasteiger partial charge in [-0.15, -0.1) is 0 Å². The quantitative estimate of drug-likeness (QED) is 0.215. The summed E-state index contributed by atoms with van der Waals surface area (Å²) in [5, 5.41) is 0.174. The van der Waals surface area contributed by atoms with Crippen LogP contribution in [0.3, 0.4) is 0 Å². The van der Waals surface area contributed by atoms with Crippen molar-refractivity contribution in [3.63, 3.8) is 0 Å². The molecular weight excluding hydrogens is 524 g/mol. The summed E-state index contributed by atoms with van der Waals surface area (Å²) in [4.78, 5) is 51.8. The molecule has 0 aliphatic carbocycles. The van der Waals surface area contributed by atoms with Gasteiger partial charge < -0.3 is 14.4 Å². The van der Waals surface area contributed by atoms with Crippen molar-refractivity contribution in [2.24, 2.45) is 0 Å². The van der Waals surface area contributed by atoms with Gasteiger partial charge in [-0.1, -0.05) is 60.1 Å². The maximum atomic E-state index is 13.6. The fourth-order valence-corrected chi connectivity index (χ4v) is 4.31. The standard InChI is InChI=1S/C28H27ClN4O6/c29-24-14-22(39-13-12-38-18-20-6-2-1-3-7-20)10-11-23(24)28(37)33-17-27(36)32(16-26(35)31-30-19-34)15-21-8-4-5-9-25(21)33/h1-11,14,19H,12-13,15-18H2,(H,30,34)(H,31,35). The number of fused-ring (bicyclic) bond motifs is 1. The summed E-state index contributed by atoms with van der Waals surface area (Å²) in [6.45, 7) is 0.678. The van der Waals surface area contributed by atoms with E-state index in [9.17, 15) is 19.2 Å². The highest BCUT2D eigenvalue weighted by molar-refractivity contribution is 6.34. The van der Waals surface area contributed by atoms with Crippen LogP contribution in [-0.4, -0.2) is 55.3 Å². The SMILES string of the molecule is O=CNNC(=O)CN1Cc2ccccc2N(C(=O)c2ccc(OCCOCc3ccccc3)cc2Cl)CC1=O. The van der Waals surface area contributed by atoms with E-state index in [0.717, 1.165) is 5.56 Å². The highest BCUT2D eigenvalue weighted by Crippen LogP contribution is 2.30. The van der Waals surface area contributed by atoms with Crippen molar-refractivity contribution >= 4 is 41.4 Å². The summed E-state index contributed by atoms with van der Waals surface area (Å²) in [6.07, 6.45) is 0.317. The average molecular weight is 551 g/mol. The third kappa shape index (κ3) is 7.34. The van der Waals surface area contributed by atoms with Gasteiger partial charge in [0.1, 0.15) is 25.4 Å². The van der Waals surface area contributed by atoms with E-state index < -0.39 is 17.7 Å². The maximum absolute atomic E-state index is 13.6. The van der Waals surface area contributed by atoms with Gasteiger partial charge >= 0.3 is 0 Å². The molecule has 39 heavy (non-hydrogen) atoms. The lowest BCUT2D eigenvalue weighted by Gasteiger charge is -2.23. The molecule has 10 nitrogen and oxygen atoms in total. The largest absolute Gasteiger partial charge is 0.491 e. The molecule has 3 aromatic carbocycles. The van der Waals surface area contributed by atoms with Crippen molar-refractivity contribution in [2.75, 3.05) is 31.2 Å². The summed E-state index contributed by atoms with van der Waals surface area (Å²) in [7, 11) is 0. The van der Waals surface area contributed by atoms with Crippen LogP contribution in [0.15, 0.2) is 72.8 Å². The number of anilines is 1. The monoisotopic (exact) mass is 550 g/mol. The number of benzene rings is 3. The Morgan fingerprint density at radius 1 is 0.974 bits per heavy atom. The summed E-state index contributed by atoms with van der Waals surface area (Å²) >= 11 is 6.47. The van der Waals surface area contributed by atoms with E-state index in [1.54, 1.807) is 42.5 Å². The molecule has 0 unspecified atom stereocenters. The summed E-state index contributed by atoms with van der Waals surface area (Å²) in [5.74, 6) is -0.995. The van der Waals surface area contributed by atoms with Crippen molar-refractivity contribution in [3.8, 4) is 5.75 Å². The zero-order chi connectivity index (χ0) is 27.6. The zero-order valence-electron chi connectivity index (χ0n) is 21.0. The third-order valence-electron chi connectivity index (χ3n) is 5.92. The van der Waals surface area contributed by atoms with Crippen LogP contribution in [-0.2, 0) is 32.3 Å². The Morgan fingerprint density at radius 2 is 1.74 bits per heavy atom. The number of nitrogens with zero attached hydrogens (tertiary/aromatic N) is 2. The number of nitrogens with one attached hydrogen (secondary N) is 2. The van der Waals surface area contributed by atoms with Gasteiger partial charge in [0, 0.05) is 12.2 Å². The van der Waals surface area contributed by atoms with Crippen LogP contribution in [0.25, 0.3) is 0 Å². The summed E-state index contributed by atoms with van der Waals surface area (Å²) in [6, 6.07) is 21.6. The second kappa shape index (κ2) is 13.4. The number of ether oxygens (including phenoxy) is 2. The molecule has 3 aromatic rings. The van der Waals surface area contributed by atoms with Gasteiger partial charge in [0.25, 0.3) is 11.8 Å². The third-order valence-corrected chi connectivity index (χ3v) is 6.23. The molecule has 0 saturated heterocycles. The Balaban J connectivity index is 1.41. The minimum atomic E-state index is -0.572. The molecule has 1 heterocycles. The highest BCUT2D eigenvalue weighted by Gasteiger charge is 2.31. The van der Waals surface area contributed by atoms with E-state index in [2.05, 4.69) is 10.9 Å². The summed E-state index contributed by atoms with van der Waals surface area (Å²) in [5.41, 5.74) is 6.72. The lowest BCUT2D eigenvalue weighted by molar-refractivity contribution is -0.135. The fraction of sp³-hybridized carbons (Fsp3) is 0.214. The normalized spacial score (nSPS) is 12.8. The lowest BCUT2D eigenvalue weighted by atomic mass is 10.1. The van der Waals surface area contributed by atoms with E-state index in [1.165, 1.54) is 9.80 Å². The molecule has 0 saturated carbocycles. The molecule has 0 fully saturated rings. The van der Waals surface area contributed by atoms with Crippen molar-refractivity contribution in [2.45, 2.75) is 13.2 Å². The molecule has 0 spiro atoms. The predicted octanol–water partition coefficient (Wildman–Crippen LogP) is 2.70. The number of amides is 4. The van der Waals surface area contributed by atoms with E-state index in [0.29, 0.717) is 43.2 Å². The van der Waals surface area contributed by atoms with Gasteiger partial charge in [-0.25, -0.2) is 0 Å². The second-order valence-corrected chi connectivity index (χ2v) is 9.02. The van der Waals surface area contributed by atoms with Crippen molar-refractivity contribution < 1.29 is 28.7 Å². The Kier molecular flexibility index (Phi) is 9.49. The topological polar surface area (TPSA) is 117 Å². The number of carbonyl (C=O) groups excluding carboxylic acids is 4. The number of rotatable bonds is 11. The van der Waals surface area contributed by atoms with E-state index >= 15 is 0 Å². The minimum Gasteiger partial charge on any atom is -0.491 e. The first-order valence-electron chi connectivity index (χ1n) is 12.2. The Hall–Kier alpha value is -4.41. The molecule has 0 radical (unpaired) electrons. The molecule has 0 aromatic heterocycles. The lowest BCUT2D eigenvalue weighted by Crippen LogP contribution is -2.46. The number of hydrogen-bond acceptors (Lipinski definition) is 6. The first kappa shape index (κ1) is 27.6. The number of carbonyl (C=O) groups is 4. The van der Waals surface area contributed by atoms with Crippen LogP contribution >= 0.6 is 11.6 Å². The van der Waals surface area contributed by atoms with Crippen LogP contribution < -0.4 is 20.5 Å². The fourth-order valence-electron chi connectivity index (χ4n) is 4.06. The Morgan fingerprint density at radius 3 is 2.51 bits per heavy atom. The van der Waals surface area contributed by atoms with Crippen molar-refractivity contribution in [1.82, 2.24) is 15.8 Å². The molecule has 4 amide bonds. The Bertz CT molecular complexity index is 1340. The number of para-hydroxylation sites is 1.